The van der Waals surface area contributed by atoms with Crippen LogP contribution in [-0.2, 0) is 4.74 Å². The third-order valence-electron chi connectivity index (χ3n) is 6.64. The fourth-order valence-electron chi connectivity index (χ4n) is 5.03. The molecule has 5 rings (SSSR count). The van der Waals surface area contributed by atoms with Crippen molar-refractivity contribution in [1.29, 1.82) is 0 Å². The van der Waals surface area contributed by atoms with Gasteiger partial charge in [-0.15, -0.1) is 0 Å². The summed E-state index contributed by atoms with van der Waals surface area (Å²) in [5.41, 5.74) is -2.33. The van der Waals surface area contributed by atoms with E-state index in [1.807, 2.05) is 91.0 Å². The van der Waals surface area contributed by atoms with Gasteiger partial charge in [-0.2, -0.15) is 0 Å². The Hall–Kier alpha value is -4.60. The fraction of sp³-hybridized carbons (Fsp3) is 0.0606. The lowest BCUT2D eigenvalue weighted by Gasteiger charge is -2.28. The number of ether oxygens (including phenoxy) is 1. The van der Waals surface area contributed by atoms with E-state index >= 15 is 0 Å². The predicted molar refractivity (Wildman–Crippen MR) is 156 cm³/mol. The first kappa shape index (κ1) is 26.0. The average Bonchev–Trinajstić information content (AvgIpc) is 3.26. The second kappa shape index (κ2) is 11.0. The first-order valence-corrected chi connectivity index (χ1v) is 14.3. The highest BCUT2D eigenvalue weighted by Crippen LogP contribution is 2.48. The smallest absolute Gasteiger partial charge is 0.339 e. The summed E-state index contributed by atoms with van der Waals surface area (Å²) < 4.78 is 5.42. The maximum atomic E-state index is 14.2. The highest BCUT2D eigenvalue weighted by molar-refractivity contribution is 7.89. The summed E-state index contributed by atoms with van der Waals surface area (Å²) in [6, 6.07) is 36.4. The second-order valence-electron chi connectivity index (χ2n) is 8.85. The monoisotopic (exact) mass is 532 g/mol. The lowest BCUT2D eigenvalue weighted by Crippen LogP contribution is -2.30. The Balaban J connectivity index is 2.14. The van der Waals surface area contributed by atoms with Gasteiger partial charge in [0.25, 0.3) is 0 Å². The molecule has 0 radical (unpaired) electrons. The first-order chi connectivity index (χ1) is 19.0. The molecule has 5 aromatic rings. The number of ketones is 1. The van der Waals surface area contributed by atoms with Crippen molar-refractivity contribution >= 4 is 34.6 Å². The number of esters is 1. The van der Waals surface area contributed by atoms with E-state index < -0.39 is 35.1 Å². The van der Waals surface area contributed by atoms with Crippen LogP contribution in [0.4, 0.5) is 0 Å². The number of carbonyl (C=O) groups is 2. The van der Waals surface area contributed by atoms with Crippen molar-refractivity contribution in [2.45, 2.75) is 6.92 Å². The van der Waals surface area contributed by atoms with Gasteiger partial charge in [0.05, 0.1) is 22.7 Å². The maximum absolute atomic E-state index is 14.2. The van der Waals surface area contributed by atoms with Crippen LogP contribution in [0.15, 0.2) is 131 Å². The zero-order chi connectivity index (χ0) is 27.4. The lowest BCUT2D eigenvalue weighted by atomic mass is 10.0. The fourth-order valence-corrected chi connectivity index (χ4v) is 9.50. The molecule has 6 heteroatoms. The molecule has 0 fully saturated rings. The standard InChI is InChI=1S/C33H25O5P/c1-2-38-33(37)28-27(29(34)23-15-7-3-8-16-23)30(35)31(36)32(28)39(24-17-9-4-10-18-24,25-19-11-5-12-20-25)26-21-13-6-14-22-26/h3-22H,2H2,1H3. The van der Waals surface area contributed by atoms with Gasteiger partial charge in [-0.25, -0.2) is 4.79 Å². The van der Waals surface area contributed by atoms with Crippen molar-refractivity contribution in [3.8, 4) is 0 Å². The Morgan fingerprint density at radius 1 is 0.590 bits per heavy atom. The van der Waals surface area contributed by atoms with Gasteiger partial charge in [-0.05, 0) is 29.7 Å². The predicted octanol–water partition coefficient (Wildman–Crippen LogP) is 4.22. The van der Waals surface area contributed by atoms with E-state index in [1.54, 1.807) is 37.3 Å². The van der Waals surface area contributed by atoms with Crippen LogP contribution in [0.2, 0.25) is 0 Å². The van der Waals surface area contributed by atoms with Gasteiger partial charge >= 0.3 is 5.97 Å². The summed E-state index contributed by atoms with van der Waals surface area (Å²) in [6.45, 7) is -1.51. The molecule has 39 heavy (non-hydrogen) atoms. The molecular weight excluding hydrogens is 507 g/mol. The number of carbonyl (C=O) groups excluding carboxylic acids is 2. The molecule has 192 valence electrons. The summed E-state index contributed by atoms with van der Waals surface area (Å²) in [7, 11) is 0. The topological polar surface area (TPSA) is 77.5 Å². The van der Waals surface area contributed by atoms with Gasteiger partial charge in [0, 0.05) is 5.56 Å². The molecule has 0 atom stereocenters. The van der Waals surface area contributed by atoms with E-state index in [9.17, 15) is 19.2 Å². The van der Waals surface area contributed by atoms with Crippen LogP contribution < -0.4 is 26.8 Å². The summed E-state index contributed by atoms with van der Waals surface area (Å²) in [5, 5.41) is 2.32. The molecule has 5 aromatic carbocycles. The highest BCUT2D eigenvalue weighted by Gasteiger charge is 2.36. The maximum Gasteiger partial charge on any atom is 0.339 e. The average molecular weight is 533 g/mol. The van der Waals surface area contributed by atoms with Crippen molar-refractivity contribution in [3.05, 3.63) is 163 Å². The summed E-state index contributed by atoms with van der Waals surface area (Å²) in [6.07, 6.45) is 0. The molecule has 0 heterocycles. The summed E-state index contributed by atoms with van der Waals surface area (Å²) in [5.74, 6) is -1.54. The Morgan fingerprint density at radius 3 is 1.41 bits per heavy atom. The lowest BCUT2D eigenvalue weighted by molar-refractivity contribution is 0.0523. The van der Waals surface area contributed by atoms with Crippen LogP contribution in [0.25, 0.3) is 0 Å². The Bertz CT molecular complexity index is 1720. The second-order valence-corrected chi connectivity index (χ2v) is 12.2. The molecule has 0 aliphatic carbocycles. The molecular formula is C33H25O5P. The van der Waals surface area contributed by atoms with E-state index in [1.165, 1.54) is 0 Å². The molecule has 0 amide bonds. The zero-order valence-electron chi connectivity index (χ0n) is 21.2. The summed E-state index contributed by atoms with van der Waals surface area (Å²) in [4.78, 5) is 55.4. The van der Waals surface area contributed by atoms with E-state index in [0.29, 0.717) is 0 Å². The first-order valence-electron chi connectivity index (χ1n) is 12.6. The van der Waals surface area contributed by atoms with Gasteiger partial charge < -0.3 is 4.74 Å². The van der Waals surface area contributed by atoms with E-state index in [4.69, 9.17) is 4.74 Å². The van der Waals surface area contributed by atoms with Crippen molar-refractivity contribution in [3.63, 3.8) is 0 Å². The number of rotatable bonds is 7. The van der Waals surface area contributed by atoms with Crippen LogP contribution in [-0.4, -0.2) is 18.4 Å². The van der Waals surface area contributed by atoms with Gasteiger partial charge in [0.15, 0.2) is 5.78 Å². The Labute approximate surface area is 225 Å². The van der Waals surface area contributed by atoms with Gasteiger partial charge in [-0.1, -0.05) is 121 Å². The zero-order valence-corrected chi connectivity index (χ0v) is 22.1. The third kappa shape index (κ3) is 4.41. The molecule has 0 saturated heterocycles. The normalized spacial score (nSPS) is 11.2. The molecule has 0 aliphatic heterocycles. The molecule has 0 bridgehead atoms. The van der Waals surface area contributed by atoms with Crippen molar-refractivity contribution in [2.24, 2.45) is 0 Å². The summed E-state index contributed by atoms with van der Waals surface area (Å²) >= 11 is 0. The van der Waals surface area contributed by atoms with Crippen LogP contribution in [0.3, 0.4) is 0 Å². The van der Waals surface area contributed by atoms with Crippen LogP contribution in [0.1, 0.15) is 33.2 Å². The van der Waals surface area contributed by atoms with Crippen molar-refractivity contribution in [2.75, 3.05) is 6.61 Å². The molecule has 0 spiro atoms. The number of hydrogen-bond acceptors (Lipinski definition) is 5. The molecule has 0 aromatic heterocycles. The van der Waals surface area contributed by atoms with Crippen molar-refractivity contribution in [1.82, 2.24) is 0 Å². The molecule has 0 aliphatic rings. The van der Waals surface area contributed by atoms with Crippen LogP contribution >= 0.6 is 6.89 Å². The highest BCUT2D eigenvalue weighted by atomic mass is 31.2. The van der Waals surface area contributed by atoms with Gasteiger partial charge in [0.2, 0.25) is 10.9 Å². The minimum Gasteiger partial charge on any atom is -0.462 e. The largest absolute Gasteiger partial charge is 0.462 e. The van der Waals surface area contributed by atoms with Gasteiger partial charge in [-0.3, -0.25) is 14.4 Å². The van der Waals surface area contributed by atoms with Crippen LogP contribution in [0.5, 0.6) is 0 Å². The van der Waals surface area contributed by atoms with E-state index in [2.05, 4.69) is 0 Å². The Morgan fingerprint density at radius 2 is 1.00 bits per heavy atom. The van der Waals surface area contributed by atoms with Crippen molar-refractivity contribution < 1.29 is 14.3 Å². The van der Waals surface area contributed by atoms with Crippen LogP contribution in [0, 0.1) is 4.94 Å². The number of benzene rings is 4. The Kier molecular flexibility index (Phi) is 7.36. The minimum atomic E-state index is -3.16. The molecule has 0 N–H and O–H groups in total. The molecule has 5 nitrogen and oxygen atoms in total. The minimum absolute atomic E-state index is 0.0122. The SMILES string of the molecule is CCOC(=O)c1c(C(=O)c2ccccc2)c(=O)c(=O)c1=P(c1ccccc1)(c1ccccc1)c1ccccc1. The molecule has 0 saturated carbocycles. The van der Waals surface area contributed by atoms with E-state index in [0.717, 1.165) is 15.9 Å². The third-order valence-corrected chi connectivity index (χ3v) is 11.0. The van der Waals surface area contributed by atoms with Gasteiger partial charge in [0.1, 0.15) is 0 Å². The quantitative estimate of drug-likeness (QED) is 0.136. The molecule has 0 unspecified atom stereocenters. The number of hydrogen-bond donors (Lipinski definition) is 0. The van der Waals surface area contributed by atoms with E-state index in [-0.39, 0.29) is 22.7 Å².